The van der Waals surface area contributed by atoms with Crippen LogP contribution in [0, 0.1) is 6.92 Å². The van der Waals surface area contributed by atoms with Crippen LogP contribution in [0.15, 0.2) is 71.6 Å². The van der Waals surface area contributed by atoms with E-state index in [9.17, 15) is 9.59 Å². The highest BCUT2D eigenvalue weighted by Gasteiger charge is 2.33. The van der Waals surface area contributed by atoms with Gasteiger partial charge in [-0.05, 0) is 66.4 Å². The number of nitrogens with two attached hydrogens (primary N) is 1. The molecule has 0 aromatic heterocycles. The molecule has 30 heavy (non-hydrogen) atoms. The topological polar surface area (TPSA) is 83.6 Å². The number of fused-ring (bicyclic) bond motifs is 1. The maximum Gasteiger partial charge on any atom is 0.335 e. The fourth-order valence-electron chi connectivity index (χ4n) is 3.63. The molecule has 4 rings (SSSR count). The number of benzene rings is 3. The van der Waals surface area contributed by atoms with Gasteiger partial charge in [0.05, 0.1) is 23.0 Å². The molecule has 3 aromatic carbocycles. The zero-order chi connectivity index (χ0) is 21.3. The summed E-state index contributed by atoms with van der Waals surface area (Å²) in [5, 5.41) is 8.82. The van der Waals surface area contributed by atoms with Crippen LogP contribution in [0.4, 0.5) is 11.4 Å². The Morgan fingerprint density at radius 2 is 1.83 bits per heavy atom. The van der Waals surface area contributed by atoms with Gasteiger partial charge in [-0.1, -0.05) is 30.3 Å². The van der Waals surface area contributed by atoms with E-state index < -0.39 is 5.97 Å². The fraction of sp³-hybridized carbons (Fsp3) is 0.167. The lowest BCUT2D eigenvalue weighted by Crippen LogP contribution is -2.41. The lowest BCUT2D eigenvalue weighted by molar-refractivity contribution is -0.118. The van der Waals surface area contributed by atoms with Crippen molar-refractivity contribution in [2.45, 2.75) is 30.0 Å². The van der Waals surface area contributed by atoms with Crippen molar-refractivity contribution in [2.75, 3.05) is 10.6 Å². The van der Waals surface area contributed by atoms with E-state index in [1.807, 2.05) is 54.3 Å². The van der Waals surface area contributed by atoms with Crippen LogP contribution in [0.2, 0.25) is 0 Å². The molecule has 5 nitrogen and oxygen atoms in total. The summed E-state index contributed by atoms with van der Waals surface area (Å²) < 4.78 is 0. The first-order valence-electron chi connectivity index (χ1n) is 9.66. The van der Waals surface area contributed by atoms with E-state index in [4.69, 9.17) is 10.8 Å². The number of para-hydroxylation sites is 1. The van der Waals surface area contributed by atoms with E-state index >= 15 is 0 Å². The van der Waals surface area contributed by atoms with Crippen LogP contribution in [0.25, 0.3) is 0 Å². The highest BCUT2D eigenvalue weighted by molar-refractivity contribution is 8.01. The number of nitrogens with zero attached hydrogens (tertiary/aromatic N) is 1. The van der Waals surface area contributed by atoms with Crippen LogP contribution in [0.5, 0.6) is 0 Å². The molecule has 1 unspecified atom stereocenters. The number of carbonyl (C=O) groups excluding carboxylic acids is 1. The van der Waals surface area contributed by atoms with Gasteiger partial charge in [-0.3, -0.25) is 4.79 Å². The number of carboxylic acids is 1. The van der Waals surface area contributed by atoms with Crippen molar-refractivity contribution in [2.24, 2.45) is 0 Å². The third kappa shape index (κ3) is 4.04. The maximum absolute atomic E-state index is 13.4. The molecule has 0 radical (unpaired) electrons. The zero-order valence-electron chi connectivity index (χ0n) is 16.5. The van der Waals surface area contributed by atoms with Crippen molar-refractivity contribution in [1.29, 1.82) is 0 Å². The zero-order valence-corrected chi connectivity index (χ0v) is 17.4. The van der Waals surface area contributed by atoms with E-state index in [1.54, 1.807) is 36.0 Å². The molecular weight excluding hydrogens is 396 g/mol. The van der Waals surface area contributed by atoms with Crippen molar-refractivity contribution in [3.63, 3.8) is 0 Å². The number of carboxylic acid groups (broad SMARTS) is 1. The predicted octanol–water partition coefficient (Wildman–Crippen LogP) is 4.53. The van der Waals surface area contributed by atoms with Crippen LogP contribution in [-0.2, 0) is 17.8 Å². The first-order chi connectivity index (χ1) is 14.4. The van der Waals surface area contributed by atoms with Gasteiger partial charge < -0.3 is 15.7 Å². The molecule has 152 valence electrons. The van der Waals surface area contributed by atoms with E-state index in [2.05, 4.69) is 0 Å². The van der Waals surface area contributed by atoms with Crippen LogP contribution in [0.1, 0.15) is 27.0 Å². The summed E-state index contributed by atoms with van der Waals surface area (Å²) in [4.78, 5) is 27.4. The van der Waals surface area contributed by atoms with Gasteiger partial charge in [0.25, 0.3) is 0 Å². The van der Waals surface area contributed by atoms with Gasteiger partial charge in [-0.25, -0.2) is 4.79 Å². The summed E-state index contributed by atoms with van der Waals surface area (Å²) >= 11 is 1.56. The predicted molar refractivity (Wildman–Crippen MR) is 120 cm³/mol. The molecule has 0 spiro atoms. The number of nitrogen functional groups attached to an aromatic ring is 1. The number of carbonyl (C=O) groups is 2. The van der Waals surface area contributed by atoms with E-state index in [-0.39, 0.29) is 16.7 Å². The summed E-state index contributed by atoms with van der Waals surface area (Å²) in [6.45, 7) is 2.49. The number of hydrogen-bond acceptors (Lipinski definition) is 4. The van der Waals surface area contributed by atoms with E-state index in [0.29, 0.717) is 18.7 Å². The molecule has 0 fully saturated rings. The Morgan fingerprint density at radius 1 is 1.10 bits per heavy atom. The standard InChI is InChI=1S/C24H22N2O3S/c1-15-12-19(25)11-10-18(15)14-26-20-4-2-3-5-21(20)30-22(23(26)27)13-16-6-8-17(9-7-16)24(28)29/h2-12,22H,13-14,25H2,1H3,(H,28,29). The minimum absolute atomic E-state index is 0.0530. The first kappa shape index (κ1) is 20.0. The third-order valence-corrected chi connectivity index (χ3v) is 6.54. The summed E-state index contributed by atoms with van der Waals surface area (Å²) in [7, 11) is 0. The first-order valence-corrected chi connectivity index (χ1v) is 10.5. The molecule has 1 heterocycles. The number of hydrogen-bond donors (Lipinski definition) is 2. The minimum Gasteiger partial charge on any atom is -0.478 e. The molecule has 0 saturated heterocycles. The highest BCUT2D eigenvalue weighted by atomic mass is 32.2. The molecule has 6 heteroatoms. The lowest BCUT2D eigenvalue weighted by Gasteiger charge is -2.34. The van der Waals surface area contributed by atoms with Gasteiger partial charge in [0.15, 0.2) is 0 Å². The largest absolute Gasteiger partial charge is 0.478 e. The molecule has 1 aliphatic rings. The summed E-state index contributed by atoms with van der Waals surface area (Å²) in [6.07, 6.45) is 0.537. The summed E-state index contributed by atoms with van der Waals surface area (Å²) in [5.74, 6) is -0.902. The number of rotatable bonds is 5. The fourth-order valence-corrected chi connectivity index (χ4v) is 4.90. The maximum atomic E-state index is 13.4. The average molecular weight is 419 g/mol. The van der Waals surface area contributed by atoms with Gasteiger partial charge in [0, 0.05) is 10.6 Å². The van der Waals surface area contributed by atoms with Crippen molar-refractivity contribution in [3.05, 3.63) is 89.0 Å². The summed E-state index contributed by atoms with van der Waals surface area (Å²) in [5.41, 5.74) is 10.8. The minimum atomic E-state index is -0.955. The number of aryl methyl sites for hydroxylation is 1. The quantitative estimate of drug-likeness (QED) is 0.595. The molecule has 3 aromatic rings. The Bertz CT molecular complexity index is 1110. The van der Waals surface area contributed by atoms with Gasteiger partial charge in [0.2, 0.25) is 5.91 Å². The van der Waals surface area contributed by atoms with Gasteiger partial charge in [-0.2, -0.15) is 0 Å². The second-order valence-corrected chi connectivity index (χ2v) is 8.64. The SMILES string of the molecule is Cc1cc(N)ccc1CN1C(=O)C(Cc2ccc(C(=O)O)cc2)Sc2ccccc21. The molecule has 3 N–H and O–H groups in total. The van der Waals surface area contributed by atoms with Gasteiger partial charge >= 0.3 is 5.97 Å². The Kier molecular flexibility index (Phi) is 5.50. The number of amides is 1. The Hall–Kier alpha value is -3.25. The average Bonchev–Trinajstić information content (AvgIpc) is 2.73. The highest BCUT2D eigenvalue weighted by Crippen LogP contribution is 2.41. The Balaban J connectivity index is 1.62. The molecule has 1 atom stereocenters. The molecule has 0 saturated carbocycles. The monoisotopic (exact) mass is 418 g/mol. The van der Waals surface area contributed by atoms with Crippen molar-refractivity contribution in [3.8, 4) is 0 Å². The molecule has 1 amide bonds. The second kappa shape index (κ2) is 8.24. The molecule has 0 aliphatic carbocycles. The van der Waals surface area contributed by atoms with Gasteiger partial charge in [-0.15, -0.1) is 11.8 Å². The molecular formula is C24H22N2O3S. The van der Waals surface area contributed by atoms with Crippen molar-refractivity contribution < 1.29 is 14.7 Å². The lowest BCUT2D eigenvalue weighted by atomic mass is 10.0. The number of thioether (sulfide) groups is 1. The van der Waals surface area contributed by atoms with Crippen molar-refractivity contribution in [1.82, 2.24) is 0 Å². The normalized spacial score (nSPS) is 15.7. The second-order valence-electron chi connectivity index (χ2n) is 7.39. The Labute approximate surface area is 179 Å². The number of aromatic carboxylic acids is 1. The molecule has 0 bridgehead atoms. The van der Waals surface area contributed by atoms with Crippen LogP contribution >= 0.6 is 11.8 Å². The van der Waals surface area contributed by atoms with Crippen molar-refractivity contribution >= 4 is 35.0 Å². The van der Waals surface area contributed by atoms with Gasteiger partial charge in [0.1, 0.15) is 0 Å². The number of anilines is 2. The van der Waals surface area contributed by atoms with Crippen LogP contribution in [-0.4, -0.2) is 22.2 Å². The van der Waals surface area contributed by atoms with E-state index in [1.165, 1.54) is 0 Å². The summed E-state index contributed by atoms with van der Waals surface area (Å²) in [6, 6.07) is 20.4. The van der Waals surface area contributed by atoms with Crippen LogP contribution in [0.3, 0.4) is 0 Å². The van der Waals surface area contributed by atoms with Crippen LogP contribution < -0.4 is 10.6 Å². The third-order valence-electron chi connectivity index (χ3n) is 5.28. The van der Waals surface area contributed by atoms with E-state index in [0.717, 1.165) is 27.3 Å². The Morgan fingerprint density at radius 3 is 2.53 bits per heavy atom. The molecule has 1 aliphatic heterocycles. The smallest absolute Gasteiger partial charge is 0.335 e.